The van der Waals surface area contributed by atoms with E-state index in [4.69, 9.17) is 0 Å². The summed E-state index contributed by atoms with van der Waals surface area (Å²) in [5, 5.41) is 3.57. The molecule has 99 valence electrons. The molecule has 0 fully saturated rings. The van der Waals surface area contributed by atoms with Crippen molar-refractivity contribution in [2.75, 3.05) is 0 Å². The van der Waals surface area contributed by atoms with Crippen LogP contribution < -0.4 is 37.2 Å². The van der Waals surface area contributed by atoms with E-state index in [2.05, 4.69) is 62.8 Å². The summed E-state index contributed by atoms with van der Waals surface area (Å²) in [6.07, 6.45) is 3.65. The van der Waals surface area contributed by atoms with E-state index in [-0.39, 0.29) is 37.2 Å². The Hall–Kier alpha value is 1.37. The van der Waals surface area contributed by atoms with Crippen molar-refractivity contribution in [2.45, 2.75) is 45.7 Å². The number of rotatable bonds is 2. The monoisotopic (exact) mass is 365 g/mol. The molecule has 1 rings (SSSR count). The van der Waals surface area contributed by atoms with Crippen LogP contribution in [0.2, 0.25) is 39.3 Å². The average molecular weight is 367 g/mol. The third-order valence-corrected chi connectivity index (χ3v) is 8.27. The second kappa shape index (κ2) is 7.84. The first-order valence-electron chi connectivity index (χ1n) is 5.27. The molecule has 0 N–H and O–H groups in total. The zero-order chi connectivity index (χ0) is 11.1. The van der Waals surface area contributed by atoms with Crippen molar-refractivity contribution in [3.8, 4) is 0 Å². The Kier molecular flexibility index (Phi) is 10.8. The summed E-state index contributed by atoms with van der Waals surface area (Å²) in [6, 6.07) is 0. The van der Waals surface area contributed by atoms with Gasteiger partial charge in [-0.15, -0.1) is 0 Å². The molecule has 6 heteroatoms. The molecule has 0 unspecified atom stereocenters. The molecule has 0 atom stereocenters. The quantitative estimate of drug-likeness (QED) is 0.429. The normalized spacial score (nSPS) is 15.6. The minimum absolute atomic E-state index is 0. The topological polar surface area (TPSA) is 0 Å². The summed E-state index contributed by atoms with van der Waals surface area (Å²) in [7, 11) is -2.22. The van der Waals surface area contributed by atoms with Crippen LogP contribution in [0.1, 0.15) is 6.42 Å². The second-order valence-corrected chi connectivity index (χ2v) is 17.0. The van der Waals surface area contributed by atoms with Gasteiger partial charge in [0.2, 0.25) is 0 Å². The summed E-state index contributed by atoms with van der Waals surface area (Å²) in [5.74, 6) is 0. The summed E-state index contributed by atoms with van der Waals surface area (Å²) < 4.78 is 1.52. The van der Waals surface area contributed by atoms with E-state index >= 15 is 0 Å². The van der Waals surface area contributed by atoms with Crippen LogP contribution in [0.3, 0.4) is 0 Å². The van der Waals surface area contributed by atoms with Gasteiger partial charge in [0.25, 0.3) is 0 Å². The smallest absolute Gasteiger partial charge is 1.00 e. The number of allylic oxidation sites excluding steroid dienone is 4. The van der Waals surface area contributed by atoms with Gasteiger partial charge in [-0.1, -0.05) is 0 Å². The van der Waals surface area contributed by atoms with Gasteiger partial charge in [0, 0.05) is 0 Å². The van der Waals surface area contributed by atoms with Gasteiger partial charge in [-0.25, -0.2) is 0 Å². The van der Waals surface area contributed by atoms with Crippen LogP contribution in [-0.2, 0) is 17.4 Å². The predicted molar refractivity (Wildman–Crippen MR) is 66.4 cm³/mol. The molecule has 0 aromatic heterocycles. The van der Waals surface area contributed by atoms with E-state index in [1.807, 2.05) is 5.20 Å². The minimum Gasteiger partial charge on any atom is -1.00 e. The third kappa shape index (κ3) is 5.90. The van der Waals surface area contributed by atoms with Crippen molar-refractivity contribution in [3.63, 3.8) is 0 Å². The molecular formula is C11H21Cl3Si2V. The summed E-state index contributed by atoms with van der Waals surface area (Å²) in [6.45, 7) is 14.8. The molecule has 1 aliphatic carbocycles. The predicted octanol–water partition coefficient (Wildman–Crippen LogP) is -5.12. The largest absolute Gasteiger partial charge is 1.00 e. The first-order chi connectivity index (χ1) is 6.14. The van der Waals surface area contributed by atoms with E-state index in [0.717, 1.165) is 0 Å². The van der Waals surface area contributed by atoms with E-state index in [1.165, 1.54) is 10.7 Å². The third-order valence-electron chi connectivity index (χ3n) is 2.71. The Balaban J connectivity index is -0.000000653. The SMILES string of the molecule is C[Si](C)(C)C1=C([Si](C)(C)C)[C]([V+3])=CC1.[Cl-].[Cl-].[Cl-]. The van der Waals surface area contributed by atoms with Crippen LogP contribution in [0, 0.1) is 0 Å². The average Bonchev–Trinajstić information content (AvgIpc) is 2.27. The molecule has 1 aliphatic rings. The molecular weight excluding hydrogens is 346 g/mol. The van der Waals surface area contributed by atoms with Gasteiger partial charge in [-0.2, -0.15) is 0 Å². The van der Waals surface area contributed by atoms with Gasteiger partial charge >= 0.3 is 100 Å². The molecule has 0 saturated heterocycles. The van der Waals surface area contributed by atoms with Crippen molar-refractivity contribution < 1.29 is 54.6 Å². The fourth-order valence-corrected chi connectivity index (χ4v) is 9.90. The van der Waals surface area contributed by atoms with Gasteiger partial charge < -0.3 is 37.2 Å². The summed E-state index contributed by atoms with van der Waals surface area (Å²) in [4.78, 5) is 0. The maximum atomic E-state index is 2.78. The zero-order valence-electron chi connectivity index (χ0n) is 11.4. The Labute approximate surface area is 136 Å². The van der Waals surface area contributed by atoms with Gasteiger partial charge in [-0.05, 0) is 0 Å². The Bertz CT molecular complexity index is 312. The molecule has 0 nitrogen and oxygen atoms in total. The van der Waals surface area contributed by atoms with E-state index in [9.17, 15) is 0 Å². The second-order valence-electron chi connectivity index (χ2n) is 6.15. The number of halogens is 3. The van der Waals surface area contributed by atoms with Crippen molar-refractivity contribution in [1.29, 1.82) is 0 Å². The molecule has 0 aromatic rings. The van der Waals surface area contributed by atoms with Gasteiger partial charge in [0.15, 0.2) is 0 Å². The molecule has 0 bridgehead atoms. The first-order valence-corrected chi connectivity index (χ1v) is 13.0. The molecule has 0 radical (unpaired) electrons. The molecule has 0 spiro atoms. The van der Waals surface area contributed by atoms with Crippen LogP contribution >= 0.6 is 0 Å². The maximum absolute atomic E-state index is 2.78. The van der Waals surface area contributed by atoms with Crippen LogP contribution in [0.15, 0.2) is 20.8 Å². The standard InChI is InChI=1S/C11H21Si2.3ClH.V/c1-12(2,3)10-8-7-9-11(10)13(4,5)6;;;;/h7H,8H2,1-6H3;3*1H;/q;;;;+3/p-3. The van der Waals surface area contributed by atoms with Gasteiger partial charge in [0.1, 0.15) is 0 Å². The van der Waals surface area contributed by atoms with Crippen LogP contribution in [0.5, 0.6) is 0 Å². The van der Waals surface area contributed by atoms with Crippen LogP contribution in [-0.4, -0.2) is 16.1 Å². The zero-order valence-corrected chi connectivity index (χ0v) is 17.0. The van der Waals surface area contributed by atoms with Gasteiger partial charge in [-0.3, -0.25) is 0 Å². The van der Waals surface area contributed by atoms with Crippen molar-refractivity contribution in [2.24, 2.45) is 0 Å². The van der Waals surface area contributed by atoms with E-state index in [1.54, 1.807) is 5.20 Å². The molecule has 17 heavy (non-hydrogen) atoms. The summed E-state index contributed by atoms with van der Waals surface area (Å²) in [5.41, 5.74) is 0. The van der Waals surface area contributed by atoms with Crippen LogP contribution in [0.4, 0.5) is 0 Å². The molecule has 0 aromatic carbocycles. The molecule has 0 saturated carbocycles. The minimum atomic E-state index is -1.13. The van der Waals surface area contributed by atoms with Crippen LogP contribution in [0.25, 0.3) is 0 Å². The molecule has 0 aliphatic heterocycles. The first kappa shape index (κ1) is 23.5. The van der Waals surface area contributed by atoms with Crippen molar-refractivity contribution >= 4 is 16.1 Å². The Morgan fingerprint density at radius 2 is 1.29 bits per heavy atom. The van der Waals surface area contributed by atoms with Crippen molar-refractivity contribution in [1.82, 2.24) is 0 Å². The maximum Gasteiger partial charge on any atom is -1.00 e. The molecule has 0 heterocycles. The Morgan fingerprint density at radius 3 is 1.53 bits per heavy atom. The number of hydrogen-bond acceptors (Lipinski definition) is 0. The number of hydrogen-bond donors (Lipinski definition) is 0. The van der Waals surface area contributed by atoms with Gasteiger partial charge in [0.05, 0.1) is 0 Å². The van der Waals surface area contributed by atoms with E-state index < -0.39 is 16.1 Å². The fraction of sp³-hybridized carbons (Fsp3) is 0.636. The fourth-order valence-electron chi connectivity index (χ4n) is 2.08. The summed E-state index contributed by atoms with van der Waals surface area (Å²) >= 11 is 2.78. The van der Waals surface area contributed by atoms with Crippen molar-refractivity contribution in [3.05, 3.63) is 20.8 Å². The van der Waals surface area contributed by atoms with E-state index in [0.29, 0.717) is 0 Å². The Morgan fingerprint density at radius 1 is 0.882 bits per heavy atom. The molecule has 0 amide bonds.